The minimum Gasteiger partial charge on any atom is -0.393 e. The van der Waals surface area contributed by atoms with E-state index >= 15 is 0 Å². The summed E-state index contributed by atoms with van der Waals surface area (Å²) < 4.78 is 23.6. The standard InChI is InChI=1S/C13H25NO3S/c1-13(2,3)18(16,17)7-6-14-10-4-5-11(14)9-12(15)8-10/h10-12,15H,4-9H2,1-3H3. The zero-order valence-electron chi connectivity index (χ0n) is 11.6. The quantitative estimate of drug-likeness (QED) is 0.840. The largest absolute Gasteiger partial charge is 0.393 e. The highest BCUT2D eigenvalue weighted by Gasteiger charge is 2.41. The van der Waals surface area contributed by atoms with Gasteiger partial charge in [-0.2, -0.15) is 0 Å². The van der Waals surface area contributed by atoms with Gasteiger partial charge in [-0.3, -0.25) is 4.90 Å². The lowest BCUT2D eigenvalue weighted by molar-refractivity contribution is 0.0390. The van der Waals surface area contributed by atoms with Gasteiger partial charge < -0.3 is 5.11 Å². The molecular weight excluding hydrogens is 250 g/mol. The molecule has 4 nitrogen and oxygen atoms in total. The second-order valence-corrected chi connectivity index (χ2v) is 9.54. The van der Waals surface area contributed by atoms with Crippen LogP contribution in [0.15, 0.2) is 0 Å². The molecule has 2 saturated heterocycles. The van der Waals surface area contributed by atoms with Crippen LogP contribution >= 0.6 is 0 Å². The van der Waals surface area contributed by atoms with Gasteiger partial charge in [0.25, 0.3) is 0 Å². The lowest BCUT2D eigenvalue weighted by atomic mass is 10.0. The summed E-state index contributed by atoms with van der Waals surface area (Å²) in [5, 5.41) is 9.72. The summed E-state index contributed by atoms with van der Waals surface area (Å²) >= 11 is 0. The van der Waals surface area contributed by atoms with Crippen molar-refractivity contribution in [1.82, 2.24) is 4.90 Å². The monoisotopic (exact) mass is 275 g/mol. The van der Waals surface area contributed by atoms with Crippen molar-refractivity contribution in [3.8, 4) is 0 Å². The minimum atomic E-state index is -3.03. The Kier molecular flexibility index (Phi) is 3.78. The van der Waals surface area contributed by atoms with Gasteiger partial charge in [0.2, 0.25) is 0 Å². The van der Waals surface area contributed by atoms with E-state index in [0.29, 0.717) is 18.6 Å². The minimum absolute atomic E-state index is 0.182. The van der Waals surface area contributed by atoms with Gasteiger partial charge in [0.1, 0.15) is 0 Å². The molecule has 2 heterocycles. The Bertz CT molecular complexity index is 385. The number of aliphatic hydroxyl groups excluding tert-OH is 1. The van der Waals surface area contributed by atoms with Crippen molar-refractivity contribution in [2.75, 3.05) is 12.3 Å². The summed E-state index contributed by atoms with van der Waals surface area (Å²) in [7, 11) is -3.03. The lowest BCUT2D eigenvalue weighted by Crippen LogP contribution is -2.47. The van der Waals surface area contributed by atoms with Crippen molar-refractivity contribution in [2.24, 2.45) is 0 Å². The average Bonchev–Trinajstić information content (AvgIpc) is 2.45. The normalized spacial score (nSPS) is 33.9. The zero-order valence-corrected chi connectivity index (χ0v) is 12.4. The van der Waals surface area contributed by atoms with Gasteiger partial charge >= 0.3 is 0 Å². The Balaban J connectivity index is 1.96. The topological polar surface area (TPSA) is 57.6 Å². The van der Waals surface area contributed by atoms with Crippen LogP contribution in [0.4, 0.5) is 0 Å². The van der Waals surface area contributed by atoms with E-state index in [-0.39, 0.29) is 11.9 Å². The predicted molar refractivity (Wildman–Crippen MR) is 72.3 cm³/mol. The van der Waals surface area contributed by atoms with Gasteiger partial charge in [-0.15, -0.1) is 0 Å². The molecule has 0 spiro atoms. The van der Waals surface area contributed by atoms with E-state index in [0.717, 1.165) is 25.7 Å². The molecule has 0 amide bonds. The summed E-state index contributed by atoms with van der Waals surface area (Å²) in [4.78, 5) is 2.32. The molecule has 2 aliphatic rings. The Morgan fingerprint density at radius 2 is 1.67 bits per heavy atom. The lowest BCUT2D eigenvalue weighted by Gasteiger charge is -2.37. The molecule has 0 saturated carbocycles. The van der Waals surface area contributed by atoms with Gasteiger partial charge in [-0.1, -0.05) is 0 Å². The van der Waals surface area contributed by atoms with E-state index in [2.05, 4.69) is 4.90 Å². The average molecular weight is 275 g/mol. The molecule has 0 radical (unpaired) electrons. The predicted octanol–water partition coefficient (Wildman–Crippen LogP) is 1.19. The van der Waals surface area contributed by atoms with Crippen LogP contribution in [-0.4, -0.2) is 53.7 Å². The van der Waals surface area contributed by atoms with E-state index in [4.69, 9.17) is 0 Å². The van der Waals surface area contributed by atoms with Gasteiger partial charge in [0, 0.05) is 18.6 Å². The molecule has 2 aliphatic heterocycles. The highest BCUT2D eigenvalue weighted by Crippen LogP contribution is 2.35. The van der Waals surface area contributed by atoms with Crippen molar-refractivity contribution in [1.29, 1.82) is 0 Å². The molecule has 2 unspecified atom stereocenters. The maximum absolute atomic E-state index is 12.1. The molecular formula is C13H25NO3S. The first-order chi connectivity index (χ1) is 8.21. The van der Waals surface area contributed by atoms with Crippen LogP contribution in [0.1, 0.15) is 46.5 Å². The van der Waals surface area contributed by atoms with Crippen LogP contribution in [0, 0.1) is 0 Å². The fourth-order valence-corrected chi connectivity index (χ4v) is 4.21. The number of nitrogens with zero attached hydrogens (tertiary/aromatic N) is 1. The molecule has 106 valence electrons. The number of sulfone groups is 1. The summed E-state index contributed by atoms with van der Waals surface area (Å²) in [6, 6.07) is 0.794. The van der Waals surface area contributed by atoms with Crippen LogP contribution in [0.3, 0.4) is 0 Å². The van der Waals surface area contributed by atoms with Crippen molar-refractivity contribution in [3.05, 3.63) is 0 Å². The number of hydrogen-bond donors (Lipinski definition) is 1. The number of hydrogen-bond acceptors (Lipinski definition) is 4. The summed E-state index contributed by atoms with van der Waals surface area (Å²) in [6.45, 7) is 5.91. The number of aliphatic hydroxyl groups is 1. The summed E-state index contributed by atoms with van der Waals surface area (Å²) in [5.41, 5.74) is 0. The molecule has 18 heavy (non-hydrogen) atoms. The molecule has 0 aromatic carbocycles. The molecule has 2 fully saturated rings. The van der Waals surface area contributed by atoms with Crippen molar-refractivity contribution in [2.45, 2.75) is 69.4 Å². The molecule has 2 bridgehead atoms. The second-order valence-electron chi connectivity index (χ2n) is 6.68. The Morgan fingerprint density at radius 1 is 1.17 bits per heavy atom. The molecule has 2 atom stereocenters. The zero-order chi connectivity index (χ0) is 13.6. The van der Waals surface area contributed by atoms with Crippen LogP contribution in [0.2, 0.25) is 0 Å². The molecule has 0 aromatic rings. The SMILES string of the molecule is CC(C)(C)S(=O)(=O)CCN1C2CCC1CC(O)C2. The Hall–Kier alpha value is -0.130. The fourth-order valence-electron chi connectivity index (χ4n) is 3.14. The van der Waals surface area contributed by atoms with Gasteiger partial charge in [-0.25, -0.2) is 8.42 Å². The first-order valence-corrected chi connectivity index (χ1v) is 8.52. The maximum atomic E-state index is 12.1. The Labute approximate surface area is 110 Å². The second kappa shape index (κ2) is 4.76. The smallest absolute Gasteiger partial charge is 0.156 e. The molecule has 0 aliphatic carbocycles. The number of piperidine rings is 1. The van der Waals surface area contributed by atoms with E-state index in [1.54, 1.807) is 20.8 Å². The number of fused-ring (bicyclic) bond motifs is 2. The highest BCUT2D eigenvalue weighted by atomic mass is 32.2. The van der Waals surface area contributed by atoms with Gasteiger partial charge in [-0.05, 0) is 46.5 Å². The molecule has 0 aromatic heterocycles. The molecule has 5 heteroatoms. The van der Waals surface area contributed by atoms with E-state index in [1.165, 1.54) is 0 Å². The Morgan fingerprint density at radius 3 is 2.11 bits per heavy atom. The van der Waals surface area contributed by atoms with Crippen LogP contribution in [0.5, 0.6) is 0 Å². The van der Waals surface area contributed by atoms with Crippen LogP contribution in [0.25, 0.3) is 0 Å². The summed E-state index contributed by atoms with van der Waals surface area (Å²) in [5.74, 6) is 0.236. The molecule has 1 N–H and O–H groups in total. The molecule has 2 rings (SSSR count). The third-order valence-electron chi connectivity index (χ3n) is 4.41. The van der Waals surface area contributed by atoms with Gasteiger partial charge in [0.05, 0.1) is 16.6 Å². The third-order valence-corrected chi connectivity index (χ3v) is 7.00. The first kappa shape index (κ1) is 14.3. The van der Waals surface area contributed by atoms with E-state index in [9.17, 15) is 13.5 Å². The highest BCUT2D eigenvalue weighted by molar-refractivity contribution is 7.92. The van der Waals surface area contributed by atoms with E-state index < -0.39 is 14.6 Å². The maximum Gasteiger partial charge on any atom is 0.156 e. The number of rotatable bonds is 3. The van der Waals surface area contributed by atoms with E-state index in [1.807, 2.05) is 0 Å². The van der Waals surface area contributed by atoms with Crippen LogP contribution < -0.4 is 0 Å². The third kappa shape index (κ3) is 2.73. The first-order valence-electron chi connectivity index (χ1n) is 6.87. The van der Waals surface area contributed by atoms with Crippen molar-refractivity contribution >= 4 is 9.84 Å². The van der Waals surface area contributed by atoms with Crippen molar-refractivity contribution in [3.63, 3.8) is 0 Å². The van der Waals surface area contributed by atoms with Crippen LogP contribution in [-0.2, 0) is 9.84 Å². The summed E-state index contributed by atoms with van der Waals surface area (Å²) in [6.07, 6.45) is 3.66. The fraction of sp³-hybridized carbons (Fsp3) is 1.00. The van der Waals surface area contributed by atoms with Gasteiger partial charge in [0.15, 0.2) is 9.84 Å². The van der Waals surface area contributed by atoms with Crippen molar-refractivity contribution < 1.29 is 13.5 Å².